The van der Waals surface area contributed by atoms with Crippen LogP contribution < -0.4 is 15.8 Å². The number of nitrogens with two attached hydrogens (primary N) is 1. The van der Waals surface area contributed by atoms with Gasteiger partial charge in [0.2, 0.25) is 0 Å². The number of anilines is 1. The molecule has 0 fully saturated rings. The van der Waals surface area contributed by atoms with Crippen molar-refractivity contribution in [1.82, 2.24) is 5.32 Å². The van der Waals surface area contributed by atoms with Gasteiger partial charge in [-0.2, -0.15) is 11.8 Å². The van der Waals surface area contributed by atoms with Crippen molar-refractivity contribution < 1.29 is 9.53 Å². The highest BCUT2D eigenvalue weighted by atomic mass is 32.2. The number of ether oxygens (including phenoxy) is 1. The number of rotatable bonds is 6. The van der Waals surface area contributed by atoms with Gasteiger partial charge in [-0.25, -0.2) is 0 Å². The summed E-state index contributed by atoms with van der Waals surface area (Å²) in [6, 6.07) is 5.18. The van der Waals surface area contributed by atoms with E-state index in [-0.39, 0.29) is 11.9 Å². The molecule has 4 nitrogen and oxygen atoms in total. The lowest BCUT2D eigenvalue weighted by Gasteiger charge is -2.15. The Hall–Kier alpha value is -1.36. The molecule has 1 aromatic rings. The molecular formula is C13H20N2O2S. The van der Waals surface area contributed by atoms with E-state index in [0.29, 0.717) is 17.0 Å². The summed E-state index contributed by atoms with van der Waals surface area (Å²) in [5.41, 5.74) is 6.75. The molecule has 1 unspecified atom stereocenters. The maximum Gasteiger partial charge on any atom is 0.255 e. The van der Waals surface area contributed by atoms with Crippen LogP contribution in [0.25, 0.3) is 0 Å². The van der Waals surface area contributed by atoms with Crippen LogP contribution >= 0.6 is 11.8 Å². The predicted molar refractivity (Wildman–Crippen MR) is 77.3 cm³/mol. The molecule has 0 heterocycles. The molecule has 3 N–H and O–H groups in total. The minimum Gasteiger partial charge on any atom is -0.496 e. The molecule has 0 aliphatic carbocycles. The first-order chi connectivity index (χ1) is 8.58. The van der Waals surface area contributed by atoms with E-state index in [2.05, 4.69) is 11.6 Å². The van der Waals surface area contributed by atoms with Crippen molar-refractivity contribution in [2.75, 3.05) is 24.9 Å². The molecule has 0 bridgehead atoms. The second-order valence-electron chi connectivity index (χ2n) is 4.12. The Labute approximate surface area is 112 Å². The Morgan fingerprint density at radius 2 is 2.28 bits per heavy atom. The molecule has 0 radical (unpaired) electrons. The van der Waals surface area contributed by atoms with Crippen LogP contribution in [-0.2, 0) is 0 Å². The summed E-state index contributed by atoms with van der Waals surface area (Å²) in [4.78, 5) is 12.1. The molecule has 1 amide bonds. The van der Waals surface area contributed by atoms with Gasteiger partial charge in [-0.1, -0.05) is 0 Å². The number of hydrogen-bond donors (Lipinski definition) is 2. The Balaban J connectivity index is 2.72. The lowest BCUT2D eigenvalue weighted by molar-refractivity contribution is 0.0936. The maximum absolute atomic E-state index is 12.1. The minimum absolute atomic E-state index is 0.125. The Morgan fingerprint density at radius 1 is 1.56 bits per heavy atom. The first kappa shape index (κ1) is 14.7. The van der Waals surface area contributed by atoms with E-state index in [1.807, 2.05) is 6.92 Å². The van der Waals surface area contributed by atoms with Gasteiger partial charge in [0, 0.05) is 17.8 Å². The molecule has 1 atom stereocenters. The van der Waals surface area contributed by atoms with Crippen molar-refractivity contribution in [3.05, 3.63) is 23.8 Å². The quantitative estimate of drug-likeness (QED) is 0.776. The van der Waals surface area contributed by atoms with E-state index in [9.17, 15) is 4.79 Å². The number of nitrogens with one attached hydrogen (secondary N) is 1. The topological polar surface area (TPSA) is 64.3 Å². The number of thioether (sulfide) groups is 1. The second-order valence-corrected chi connectivity index (χ2v) is 5.10. The smallest absolute Gasteiger partial charge is 0.255 e. The van der Waals surface area contributed by atoms with Crippen molar-refractivity contribution in [3.8, 4) is 5.75 Å². The number of carbonyl (C=O) groups excluding carboxylic acids is 1. The highest BCUT2D eigenvalue weighted by Crippen LogP contribution is 2.21. The van der Waals surface area contributed by atoms with Gasteiger partial charge in [0.25, 0.3) is 5.91 Å². The number of hydrogen-bond acceptors (Lipinski definition) is 4. The van der Waals surface area contributed by atoms with Gasteiger partial charge >= 0.3 is 0 Å². The molecule has 100 valence electrons. The van der Waals surface area contributed by atoms with Gasteiger partial charge in [0.15, 0.2) is 0 Å². The monoisotopic (exact) mass is 268 g/mol. The summed E-state index contributed by atoms with van der Waals surface area (Å²) < 4.78 is 5.17. The number of carbonyl (C=O) groups is 1. The molecular weight excluding hydrogens is 248 g/mol. The fraction of sp³-hybridized carbons (Fsp3) is 0.462. The van der Waals surface area contributed by atoms with E-state index < -0.39 is 0 Å². The Bertz CT molecular complexity index is 410. The molecule has 0 saturated heterocycles. The summed E-state index contributed by atoms with van der Waals surface area (Å²) in [5, 5.41) is 2.95. The summed E-state index contributed by atoms with van der Waals surface area (Å²) in [7, 11) is 1.53. The van der Waals surface area contributed by atoms with Crippen LogP contribution in [0.1, 0.15) is 23.7 Å². The highest BCUT2D eigenvalue weighted by Gasteiger charge is 2.14. The van der Waals surface area contributed by atoms with Crippen molar-refractivity contribution >= 4 is 23.4 Å². The van der Waals surface area contributed by atoms with Gasteiger partial charge in [0.05, 0.1) is 12.7 Å². The van der Waals surface area contributed by atoms with Crippen LogP contribution in [0.4, 0.5) is 5.69 Å². The number of nitrogen functional groups attached to an aromatic ring is 1. The number of methoxy groups -OCH3 is 1. The second kappa shape index (κ2) is 7.16. The van der Waals surface area contributed by atoms with E-state index in [4.69, 9.17) is 10.5 Å². The third-order valence-electron chi connectivity index (χ3n) is 2.60. The molecule has 1 aromatic carbocycles. The van der Waals surface area contributed by atoms with E-state index >= 15 is 0 Å². The SMILES string of the molecule is COc1cc(N)ccc1C(=O)NC(C)CCSC. The van der Waals surface area contributed by atoms with Crippen molar-refractivity contribution in [2.45, 2.75) is 19.4 Å². The zero-order chi connectivity index (χ0) is 13.5. The zero-order valence-electron chi connectivity index (χ0n) is 11.0. The van der Waals surface area contributed by atoms with Gasteiger partial charge < -0.3 is 15.8 Å². The van der Waals surface area contributed by atoms with Crippen LogP contribution in [0.2, 0.25) is 0 Å². The van der Waals surface area contributed by atoms with Crippen LogP contribution in [0.3, 0.4) is 0 Å². The fourth-order valence-electron chi connectivity index (χ4n) is 1.56. The van der Waals surface area contributed by atoms with Gasteiger partial charge in [-0.15, -0.1) is 0 Å². The lowest BCUT2D eigenvalue weighted by atomic mass is 10.1. The molecule has 0 saturated carbocycles. The number of benzene rings is 1. The first-order valence-electron chi connectivity index (χ1n) is 5.81. The maximum atomic E-state index is 12.1. The van der Waals surface area contributed by atoms with Gasteiger partial charge in [-0.3, -0.25) is 4.79 Å². The number of amides is 1. The summed E-state index contributed by atoms with van der Waals surface area (Å²) in [5.74, 6) is 1.41. The van der Waals surface area contributed by atoms with Gasteiger partial charge in [0.1, 0.15) is 5.75 Å². The Morgan fingerprint density at radius 3 is 2.89 bits per heavy atom. The predicted octanol–water partition coefficient (Wildman–Crippen LogP) is 2.15. The highest BCUT2D eigenvalue weighted by molar-refractivity contribution is 7.98. The van der Waals surface area contributed by atoms with Gasteiger partial charge in [-0.05, 0) is 37.5 Å². The summed E-state index contributed by atoms with van der Waals surface area (Å²) in [6.07, 6.45) is 3.00. The van der Waals surface area contributed by atoms with Crippen molar-refractivity contribution in [2.24, 2.45) is 0 Å². The minimum atomic E-state index is -0.125. The van der Waals surface area contributed by atoms with Crippen LogP contribution in [-0.4, -0.2) is 31.1 Å². The zero-order valence-corrected chi connectivity index (χ0v) is 11.8. The molecule has 0 aliphatic heterocycles. The molecule has 5 heteroatoms. The lowest BCUT2D eigenvalue weighted by Crippen LogP contribution is -2.33. The molecule has 0 spiro atoms. The van der Waals surface area contributed by atoms with E-state index in [0.717, 1.165) is 12.2 Å². The Kier molecular flexibility index (Phi) is 5.85. The third kappa shape index (κ3) is 4.14. The molecule has 18 heavy (non-hydrogen) atoms. The average Bonchev–Trinajstić information content (AvgIpc) is 2.35. The van der Waals surface area contributed by atoms with Crippen LogP contribution in [0.5, 0.6) is 5.75 Å². The van der Waals surface area contributed by atoms with Crippen molar-refractivity contribution in [1.29, 1.82) is 0 Å². The first-order valence-corrected chi connectivity index (χ1v) is 7.21. The summed E-state index contributed by atoms with van der Waals surface area (Å²) in [6.45, 7) is 2.00. The van der Waals surface area contributed by atoms with Crippen LogP contribution in [0.15, 0.2) is 18.2 Å². The molecule has 1 rings (SSSR count). The largest absolute Gasteiger partial charge is 0.496 e. The standard InChI is InChI=1S/C13H20N2O2S/c1-9(6-7-18-3)15-13(16)11-5-4-10(14)8-12(11)17-2/h4-5,8-9H,6-7,14H2,1-3H3,(H,15,16). The fourth-order valence-corrected chi connectivity index (χ4v) is 2.15. The van der Waals surface area contributed by atoms with Crippen molar-refractivity contribution in [3.63, 3.8) is 0 Å². The summed E-state index contributed by atoms with van der Waals surface area (Å²) >= 11 is 1.77. The molecule has 0 aliphatic rings. The van der Waals surface area contributed by atoms with E-state index in [1.54, 1.807) is 30.0 Å². The van der Waals surface area contributed by atoms with Crippen LogP contribution in [0, 0.1) is 0 Å². The normalized spacial score (nSPS) is 11.9. The van der Waals surface area contributed by atoms with E-state index in [1.165, 1.54) is 7.11 Å². The average molecular weight is 268 g/mol. The third-order valence-corrected chi connectivity index (χ3v) is 3.25. The molecule has 0 aromatic heterocycles.